The molecule has 1 aromatic carbocycles. The monoisotopic (exact) mass is 433 g/mol. The Kier molecular flexibility index (Phi) is 4.31. The Hall–Kier alpha value is -3.37. The van der Waals surface area contributed by atoms with Gasteiger partial charge in [0.2, 0.25) is 0 Å². The van der Waals surface area contributed by atoms with Crippen LogP contribution in [0.4, 0.5) is 11.4 Å². The lowest BCUT2D eigenvalue weighted by Crippen LogP contribution is -2.56. The van der Waals surface area contributed by atoms with Crippen molar-refractivity contribution in [2.75, 3.05) is 29.9 Å². The number of hydrogen-bond acceptors (Lipinski definition) is 6. The number of nitrogens with zero attached hydrogens (tertiary/aromatic N) is 5. The minimum absolute atomic E-state index is 0.0510. The third kappa shape index (κ3) is 2.61. The Balaban J connectivity index is 1.58. The van der Waals surface area contributed by atoms with E-state index in [2.05, 4.69) is 16.0 Å². The minimum atomic E-state index is -0.604. The first-order valence-corrected chi connectivity index (χ1v) is 10.5. The Bertz CT molecular complexity index is 1350. The van der Waals surface area contributed by atoms with Crippen LogP contribution in [0.25, 0.3) is 11.0 Å². The average molecular weight is 434 g/mol. The van der Waals surface area contributed by atoms with Crippen molar-refractivity contribution in [1.82, 2.24) is 9.55 Å². The number of halogens is 1. The molecule has 5 rings (SSSR count). The summed E-state index contributed by atoms with van der Waals surface area (Å²) < 4.78 is 1.43. The molecule has 0 atom stereocenters. The van der Waals surface area contributed by atoms with Gasteiger partial charge in [-0.1, -0.05) is 23.7 Å². The van der Waals surface area contributed by atoms with Crippen molar-refractivity contribution < 1.29 is 4.79 Å². The van der Waals surface area contributed by atoms with Gasteiger partial charge in [0.25, 0.3) is 5.56 Å². The van der Waals surface area contributed by atoms with E-state index in [0.717, 1.165) is 11.3 Å². The topological polar surface area (TPSA) is 82.2 Å². The van der Waals surface area contributed by atoms with E-state index in [-0.39, 0.29) is 16.9 Å². The number of likely N-dealkylation sites (N-methyl/N-ethyl adjacent to an activating group) is 1. The molecule has 7 nitrogen and oxygen atoms in total. The maximum absolute atomic E-state index is 13.3. The van der Waals surface area contributed by atoms with Crippen LogP contribution in [-0.2, 0) is 7.05 Å². The second kappa shape index (κ2) is 6.82. The van der Waals surface area contributed by atoms with Gasteiger partial charge in [-0.15, -0.1) is 0 Å². The number of nitriles is 1. The van der Waals surface area contributed by atoms with E-state index in [1.807, 2.05) is 36.2 Å². The number of carbonyl (C=O) groups is 1. The van der Waals surface area contributed by atoms with Gasteiger partial charge in [0.05, 0.1) is 11.2 Å². The Labute approximate surface area is 184 Å². The molecule has 2 aliphatic heterocycles. The van der Waals surface area contributed by atoms with Gasteiger partial charge in [-0.2, -0.15) is 5.26 Å². The van der Waals surface area contributed by atoms with E-state index >= 15 is 0 Å². The van der Waals surface area contributed by atoms with Crippen molar-refractivity contribution in [3.63, 3.8) is 0 Å². The molecule has 1 fully saturated rings. The Morgan fingerprint density at radius 3 is 2.48 bits per heavy atom. The van der Waals surface area contributed by atoms with Crippen LogP contribution in [-0.4, -0.2) is 41.0 Å². The van der Waals surface area contributed by atoms with E-state index in [1.54, 1.807) is 19.2 Å². The zero-order valence-corrected chi connectivity index (χ0v) is 18.0. The van der Waals surface area contributed by atoms with Crippen molar-refractivity contribution in [3.8, 4) is 6.07 Å². The molecular formula is C23H20ClN5O2. The number of aromatic nitrogens is 2. The Morgan fingerprint density at radius 1 is 1.10 bits per heavy atom. The fraction of sp³-hybridized carbons (Fsp3) is 0.304. The number of rotatable bonds is 1. The summed E-state index contributed by atoms with van der Waals surface area (Å²) >= 11 is 6.15. The quantitative estimate of drug-likeness (QED) is 0.548. The standard InChI is InChI=1S/C23H20ClN5O2/c1-27-17-7-8-18(24)26-19(17)20(15(13-25)22(27)31)29-11-9-23(10-12-29)21(30)14-5-3-4-6-16(14)28(23)2/h3-8H,9-12H2,1-2H3. The summed E-state index contributed by atoms with van der Waals surface area (Å²) in [7, 11) is 3.59. The van der Waals surface area contributed by atoms with Gasteiger partial charge in [0.1, 0.15) is 27.8 Å². The summed E-state index contributed by atoms with van der Waals surface area (Å²) in [6, 6.07) is 13.1. The van der Waals surface area contributed by atoms with Gasteiger partial charge < -0.3 is 14.4 Å². The molecule has 4 heterocycles. The van der Waals surface area contributed by atoms with E-state index in [1.165, 1.54) is 4.57 Å². The van der Waals surface area contributed by atoms with Gasteiger partial charge in [0.15, 0.2) is 5.78 Å². The maximum atomic E-state index is 13.3. The first-order chi connectivity index (χ1) is 14.9. The number of hydrogen-bond donors (Lipinski definition) is 0. The summed E-state index contributed by atoms with van der Waals surface area (Å²) in [6.45, 7) is 1.05. The smallest absolute Gasteiger partial charge is 0.270 e. The van der Waals surface area contributed by atoms with Crippen LogP contribution in [0.2, 0.25) is 5.15 Å². The largest absolute Gasteiger partial charge is 0.368 e. The van der Waals surface area contributed by atoms with Gasteiger partial charge in [-0.25, -0.2) is 4.98 Å². The first-order valence-electron chi connectivity index (χ1n) is 10.1. The minimum Gasteiger partial charge on any atom is -0.368 e. The van der Waals surface area contributed by atoms with Gasteiger partial charge in [-0.05, 0) is 37.1 Å². The number of para-hydroxylation sites is 1. The summed E-state index contributed by atoms with van der Waals surface area (Å²) in [5, 5.41) is 10.1. The van der Waals surface area contributed by atoms with E-state index in [9.17, 15) is 14.9 Å². The molecule has 31 heavy (non-hydrogen) atoms. The first kappa shape index (κ1) is 19.6. The number of Topliss-reactive ketones (excluding diaryl/α,β-unsaturated/α-hetero) is 1. The van der Waals surface area contributed by atoms with Crippen LogP contribution in [0.1, 0.15) is 28.8 Å². The third-order valence-corrected chi connectivity index (χ3v) is 6.98. The molecule has 0 saturated carbocycles. The van der Waals surface area contributed by atoms with Crippen molar-refractivity contribution in [3.05, 3.63) is 63.0 Å². The van der Waals surface area contributed by atoms with Crippen LogP contribution < -0.4 is 15.4 Å². The molecular weight excluding hydrogens is 414 g/mol. The zero-order valence-electron chi connectivity index (χ0n) is 17.2. The zero-order chi connectivity index (χ0) is 21.9. The van der Waals surface area contributed by atoms with Gasteiger partial charge in [0, 0.05) is 38.4 Å². The molecule has 156 valence electrons. The maximum Gasteiger partial charge on any atom is 0.270 e. The Morgan fingerprint density at radius 2 is 1.81 bits per heavy atom. The highest BCUT2D eigenvalue weighted by atomic mass is 35.5. The second-order valence-electron chi connectivity index (χ2n) is 8.13. The van der Waals surface area contributed by atoms with Crippen molar-refractivity contribution >= 4 is 39.8 Å². The second-order valence-corrected chi connectivity index (χ2v) is 8.51. The van der Waals surface area contributed by atoms with Crippen LogP contribution in [0.15, 0.2) is 41.2 Å². The van der Waals surface area contributed by atoms with Gasteiger partial charge >= 0.3 is 0 Å². The number of anilines is 2. The molecule has 3 aromatic rings. The summed E-state index contributed by atoms with van der Waals surface area (Å²) in [5.74, 6) is 0.140. The van der Waals surface area contributed by atoms with Crippen LogP contribution >= 0.6 is 11.6 Å². The lowest BCUT2D eigenvalue weighted by molar-refractivity contribution is 0.0878. The highest BCUT2D eigenvalue weighted by Gasteiger charge is 2.51. The number of ketones is 1. The molecule has 1 saturated heterocycles. The lowest BCUT2D eigenvalue weighted by atomic mass is 9.82. The SMILES string of the molecule is CN1c2ccccc2C(=O)C12CCN(c1c(C#N)c(=O)n(C)c3ccc(Cl)nc13)CC2. The molecule has 2 aromatic heterocycles. The van der Waals surface area contributed by atoms with Crippen molar-refractivity contribution in [2.45, 2.75) is 18.4 Å². The normalized spacial score (nSPS) is 17.3. The average Bonchev–Trinajstić information content (AvgIpc) is 2.99. The molecule has 2 aliphatic rings. The summed E-state index contributed by atoms with van der Waals surface area (Å²) in [4.78, 5) is 34.7. The number of aryl methyl sites for hydroxylation is 1. The predicted octanol–water partition coefficient (Wildman–Crippen LogP) is 3.13. The van der Waals surface area contributed by atoms with E-state index in [0.29, 0.717) is 47.8 Å². The summed E-state index contributed by atoms with van der Waals surface area (Å²) in [6.07, 6.45) is 1.16. The van der Waals surface area contributed by atoms with Crippen molar-refractivity contribution in [1.29, 1.82) is 5.26 Å². The fourth-order valence-electron chi connectivity index (χ4n) is 5.03. The third-order valence-electron chi connectivity index (χ3n) is 6.77. The van der Waals surface area contributed by atoms with E-state index < -0.39 is 5.54 Å². The molecule has 8 heteroatoms. The number of benzene rings is 1. The molecule has 0 bridgehead atoms. The molecule has 0 radical (unpaired) electrons. The number of pyridine rings is 2. The number of piperidine rings is 1. The van der Waals surface area contributed by atoms with Crippen LogP contribution in [0, 0.1) is 11.3 Å². The fourth-order valence-corrected chi connectivity index (χ4v) is 5.18. The summed E-state index contributed by atoms with van der Waals surface area (Å²) in [5.41, 5.74) is 2.43. The van der Waals surface area contributed by atoms with Crippen molar-refractivity contribution in [2.24, 2.45) is 7.05 Å². The van der Waals surface area contributed by atoms with Crippen LogP contribution in [0.5, 0.6) is 0 Å². The number of fused-ring (bicyclic) bond motifs is 2. The number of carbonyl (C=O) groups excluding carboxylic acids is 1. The molecule has 0 N–H and O–H groups in total. The molecule has 0 aliphatic carbocycles. The lowest BCUT2D eigenvalue weighted by Gasteiger charge is -2.44. The van der Waals surface area contributed by atoms with Gasteiger partial charge in [-0.3, -0.25) is 9.59 Å². The van der Waals surface area contributed by atoms with Crippen LogP contribution in [0.3, 0.4) is 0 Å². The molecule has 0 unspecified atom stereocenters. The highest BCUT2D eigenvalue weighted by molar-refractivity contribution is 6.29. The predicted molar refractivity (Wildman–Crippen MR) is 120 cm³/mol. The van der Waals surface area contributed by atoms with E-state index in [4.69, 9.17) is 11.6 Å². The highest BCUT2D eigenvalue weighted by Crippen LogP contribution is 2.44. The molecule has 1 spiro atoms. The molecule has 0 amide bonds.